The predicted molar refractivity (Wildman–Crippen MR) is 69.4 cm³/mol. The summed E-state index contributed by atoms with van der Waals surface area (Å²) >= 11 is 4.90. The Morgan fingerprint density at radius 2 is 2.12 bits per heavy atom. The number of likely N-dealkylation sites (tertiary alicyclic amines) is 1. The molecule has 4 nitrogen and oxygen atoms in total. The largest absolute Gasteiger partial charge is 0.392 e. The molecule has 1 rings (SSSR count). The van der Waals surface area contributed by atoms with Crippen LogP contribution in [0.1, 0.15) is 33.1 Å². The lowest BCUT2D eigenvalue weighted by Gasteiger charge is -2.31. The second-order valence-corrected chi connectivity index (χ2v) is 4.95. The first-order valence-electron chi connectivity index (χ1n) is 5.89. The van der Waals surface area contributed by atoms with E-state index in [2.05, 4.69) is 12.2 Å². The maximum atomic E-state index is 11.9. The molecule has 0 aromatic rings. The topological polar surface area (TPSA) is 58.4 Å². The van der Waals surface area contributed by atoms with Crippen LogP contribution in [-0.4, -0.2) is 35.1 Å². The summed E-state index contributed by atoms with van der Waals surface area (Å²) in [5, 5.41) is 2.87. The molecule has 1 heterocycles. The average molecular weight is 243 g/mol. The molecule has 3 N–H and O–H groups in total. The van der Waals surface area contributed by atoms with E-state index in [1.54, 1.807) is 0 Å². The third-order valence-electron chi connectivity index (χ3n) is 3.12. The first-order chi connectivity index (χ1) is 7.54. The highest BCUT2D eigenvalue weighted by atomic mass is 32.1. The minimum atomic E-state index is -0.179. The van der Waals surface area contributed by atoms with Crippen LogP contribution in [0.3, 0.4) is 0 Å². The van der Waals surface area contributed by atoms with Crippen molar-refractivity contribution in [3.63, 3.8) is 0 Å². The zero-order chi connectivity index (χ0) is 12.1. The molecular weight excluding hydrogens is 222 g/mol. The van der Waals surface area contributed by atoms with Gasteiger partial charge in [-0.05, 0) is 25.2 Å². The van der Waals surface area contributed by atoms with Crippen molar-refractivity contribution in [2.24, 2.45) is 11.7 Å². The number of piperidine rings is 1. The number of nitrogens with two attached hydrogens (primary N) is 1. The lowest BCUT2D eigenvalue weighted by atomic mass is 10.00. The van der Waals surface area contributed by atoms with Crippen LogP contribution in [0.2, 0.25) is 0 Å². The van der Waals surface area contributed by atoms with E-state index in [9.17, 15) is 4.79 Å². The van der Waals surface area contributed by atoms with E-state index in [0.717, 1.165) is 38.3 Å². The van der Waals surface area contributed by atoms with Crippen LogP contribution >= 0.6 is 12.2 Å². The van der Waals surface area contributed by atoms with Gasteiger partial charge >= 0.3 is 6.03 Å². The molecule has 0 radical (unpaired) electrons. The average Bonchev–Trinajstić information content (AvgIpc) is 2.26. The third kappa shape index (κ3) is 3.63. The number of rotatable bonds is 3. The highest BCUT2D eigenvalue weighted by molar-refractivity contribution is 7.80. The van der Waals surface area contributed by atoms with Crippen LogP contribution in [0.15, 0.2) is 0 Å². The van der Waals surface area contributed by atoms with Gasteiger partial charge in [0.15, 0.2) is 0 Å². The van der Waals surface area contributed by atoms with E-state index in [-0.39, 0.29) is 12.1 Å². The summed E-state index contributed by atoms with van der Waals surface area (Å²) in [7, 11) is 0. The second-order valence-electron chi connectivity index (χ2n) is 4.48. The highest BCUT2D eigenvalue weighted by Crippen LogP contribution is 2.15. The summed E-state index contributed by atoms with van der Waals surface area (Å²) in [6.45, 7) is 5.85. The fourth-order valence-corrected chi connectivity index (χ4v) is 2.05. The van der Waals surface area contributed by atoms with Crippen LogP contribution in [-0.2, 0) is 0 Å². The van der Waals surface area contributed by atoms with Gasteiger partial charge in [-0.1, -0.05) is 26.1 Å². The van der Waals surface area contributed by atoms with Crippen LogP contribution in [0, 0.1) is 5.92 Å². The summed E-state index contributed by atoms with van der Waals surface area (Å²) in [6, 6.07) is -0.214. The molecule has 92 valence electrons. The lowest BCUT2D eigenvalue weighted by Crippen LogP contribution is -2.50. The lowest BCUT2D eigenvalue weighted by molar-refractivity contribution is 0.172. The minimum absolute atomic E-state index is 0.0356. The molecule has 2 amide bonds. The van der Waals surface area contributed by atoms with Crippen LogP contribution in [0.25, 0.3) is 0 Å². The van der Waals surface area contributed by atoms with Gasteiger partial charge in [-0.15, -0.1) is 0 Å². The predicted octanol–water partition coefficient (Wildman–Crippen LogP) is 1.49. The molecule has 1 atom stereocenters. The Bertz CT molecular complexity index is 262. The molecule has 16 heavy (non-hydrogen) atoms. The molecule has 0 spiro atoms. The Morgan fingerprint density at radius 3 is 2.56 bits per heavy atom. The third-order valence-corrected chi connectivity index (χ3v) is 3.40. The molecule has 1 unspecified atom stereocenters. The molecule has 0 saturated carbocycles. The van der Waals surface area contributed by atoms with Crippen molar-refractivity contribution in [1.29, 1.82) is 0 Å². The zero-order valence-corrected chi connectivity index (χ0v) is 10.8. The Balaban J connectivity index is 2.42. The number of thiocarbonyl (C=S) groups is 1. The quantitative estimate of drug-likeness (QED) is 0.738. The van der Waals surface area contributed by atoms with Crippen molar-refractivity contribution < 1.29 is 4.79 Å². The zero-order valence-electron chi connectivity index (χ0n) is 10.0. The minimum Gasteiger partial charge on any atom is -0.392 e. The van der Waals surface area contributed by atoms with E-state index in [0.29, 0.717) is 4.99 Å². The second kappa shape index (κ2) is 6.03. The van der Waals surface area contributed by atoms with Gasteiger partial charge in [0.1, 0.15) is 0 Å². The Labute approximate surface area is 103 Å². The van der Waals surface area contributed by atoms with Gasteiger partial charge < -0.3 is 16.0 Å². The van der Waals surface area contributed by atoms with Gasteiger partial charge in [-0.2, -0.15) is 0 Å². The van der Waals surface area contributed by atoms with Crippen molar-refractivity contribution in [3.8, 4) is 0 Å². The number of carbonyl (C=O) groups is 1. The van der Waals surface area contributed by atoms with Gasteiger partial charge in [-0.3, -0.25) is 0 Å². The van der Waals surface area contributed by atoms with E-state index in [1.807, 2.05) is 11.8 Å². The smallest absolute Gasteiger partial charge is 0.317 e. The highest BCUT2D eigenvalue weighted by Gasteiger charge is 2.22. The number of hydrogen-bond acceptors (Lipinski definition) is 2. The first kappa shape index (κ1) is 13.2. The molecule has 0 aromatic carbocycles. The molecule has 1 saturated heterocycles. The SMILES string of the molecule is CCC(NC(=O)N1CCC(C)CC1)C(N)=S. The van der Waals surface area contributed by atoms with Crippen molar-refractivity contribution >= 4 is 23.2 Å². The summed E-state index contributed by atoms with van der Waals surface area (Å²) in [4.78, 5) is 14.1. The summed E-state index contributed by atoms with van der Waals surface area (Å²) in [5.74, 6) is 0.724. The maximum Gasteiger partial charge on any atom is 0.317 e. The van der Waals surface area contributed by atoms with Crippen molar-refractivity contribution in [2.75, 3.05) is 13.1 Å². The number of hydrogen-bond donors (Lipinski definition) is 2. The Morgan fingerprint density at radius 1 is 1.56 bits per heavy atom. The number of nitrogens with zero attached hydrogens (tertiary/aromatic N) is 1. The monoisotopic (exact) mass is 243 g/mol. The molecule has 1 fully saturated rings. The van der Waals surface area contributed by atoms with Gasteiger partial charge in [0.25, 0.3) is 0 Å². The first-order valence-corrected chi connectivity index (χ1v) is 6.30. The van der Waals surface area contributed by atoms with Crippen LogP contribution < -0.4 is 11.1 Å². The molecule has 0 aliphatic carbocycles. The standard InChI is InChI=1S/C11H21N3OS/c1-3-9(10(12)16)13-11(15)14-6-4-8(2)5-7-14/h8-9H,3-7H2,1-2H3,(H2,12,16)(H,13,15). The number of nitrogens with one attached hydrogen (secondary N) is 1. The Kier molecular flexibility index (Phi) is 4.99. The van der Waals surface area contributed by atoms with Crippen LogP contribution in [0.4, 0.5) is 4.79 Å². The Hall–Kier alpha value is -0.840. The van der Waals surface area contributed by atoms with Crippen molar-refractivity contribution in [3.05, 3.63) is 0 Å². The number of carbonyl (C=O) groups excluding carboxylic acids is 1. The van der Waals surface area contributed by atoms with Gasteiger partial charge in [0.2, 0.25) is 0 Å². The maximum absolute atomic E-state index is 11.9. The summed E-state index contributed by atoms with van der Waals surface area (Å²) in [5.41, 5.74) is 5.55. The molecule has 0 bridgehead atoms. The number of amides is 2. The van der Waals surface area contributed by atoms with E-state index >= 15 is 0 Å². The van der Waals surface area contributed by atoms with Gasteiger partial charge in [0, 0.05) is 13.1 Å². The molecule has 1 aliphatic heterocycles. The molecular formula is C11H21N3OS. The summed E-state index contributed by atoms with van der Waals surface area (Å²) < 4.78 is 0. The van der Waals surface area contributed by atoms with E-state index in [1.165, 1.54) is 0 Å². The van der Waals surface area contributed by atoms with Crippen molar-refractivity contribution in [2.45, 2.75) is 39.2 Å². The van der Waals surface area contributed by atoms with Gasteiger partial charge in [0.05, 0.1) is 11.0 Å². The summed E-state index contributed by atoms with van der Waals surface area (Å²) in [6.07, 6.45) is 2.90. The van der Waals surface area contributed by atoms with Crippen molar-refractivity contribution in [1.82, 2.24) is 10.2 Å². The molecule has 1 aliphatic rings. The molecule has 0 aromatic heterocycles. The normalized spacial score (nSPS) is 19.2. The fourth-order valence-electron chi connectivity index (χ4n) is 1.83. The number of urea groups is 1. The van der Waals surface area contributed by atoms with E-state index < -0.39 is 0 Å². The van der Waals surface area contributed by atoms with E-state index in [4.69, 9.17) is 18.0 Å². The molecule has 5 heteroatoms. The fraction of sp³-hybridized carbons (Fsp3) is 0.818. The van der Waals surface area contributed by atoms with Crippen LogP contribution in [0.5, 0.6) is 0 Å². The van der Waals surface area contributed by atoms with Gasteiger partial charge in [-0.25, -0.2) is 4.79 Å².